The van der Waals surface area contributed by atoms with E-state index in [0.717, 1.165) is 16.7 Å². The Balaban J connectivity index is 1.72. The van der Waals surface area contributed by atoms with Crippen LogP contribution in [0.3, 0.4) is 0 Å². The summed E-state index contributed by atoms with van der Waals surface area (Å²) in [6.07, 6.45) is 18.1. The summed E-state index contributed by atoms with van der Waals surface area (Å²) >= 11 is 1.22. The molecule has 4 rings (SSSR count). The van der Waals surface area contributed by atoms with Crippen LogP contribution >= 0.6 is 11.8 Å². The Hall–Kier alpha value is -1.81. The first kappa shape index (κ1) is 14.8. The molecule has 2 N–H and O–H groups in total. The molecule has 0 aliphatic heterocycles. The van der Waals surface area contributed by atoms with Crippen LogP contribution in [0.4, 0.5) is 0 Å². The molecule has 3 aliphatic carbocycles. The lowest BCUT2D eigenvalue weighted by Crippen LogP contribution is -2.40. The number of aliphatic hydroxyl groups is 2. The summed E-state index contributed by atoms with van der Waals surface area (Å²) in [5, 5.41) is 22.6. The lowest BCUT2D eigenvalue weighted by molar-refractivity contribution is 0.112. The molecule has 0 saturated carbocycles. The molecule has 0 fully saturated rings. The van der Waals surface area contributed by atoms with Crippen molar-refractivity contribution in [3.63, 3.8) is 0 Å². The molecule has 23 heavy (non-hydrogen) atoms. The van der Waals surface area contributed by atoms with E-state index in [2.05, 4.69) is 0 Å². The summed E-state index contributed by atoms with van der Waals surface area (Å²) in [4.78, 5) is -2.31. The minimum Gasteiger partial charge on any atom is -0.375 e. The average molecular weight is 322 g/mol. The first-order valence-electron chi connectivity index (χ1n) is 7.76. The molecule has 3 unspecified atom stereocenters. The Morgan fingerprint density at radius 3 is 2.83 bits per heavy atom. The third-order valence-corrected chi connectivity index (χ3v) is 5.98. The molecule has 0 radical (unpaired) electrons. The molecular weight excluding hydrogens is 304 g/mol. The third kappa shape index (κ3) is 2.45. The van der Waals surface area contributed by atoms with Gasteiger partial charge in [0.05, 0.1) is 0 Å². The fourth-order valence-electron chi connectivity index (χ4n) is 3.41. The Bertz CT molecular complexity index is 787. The van der Waals surface area contributed by atoms with Gasteiger partial charge in [0.2, 0.25) is 0 Å². The minimum absolute atomic E-state index is 0.149. The standard InChI is InChI=1S/C20H18O2S/c21-19(13-5-9-15-7-1-3-11-17(15)19)23-20(22)14-6-10-16-8-2-4-12-18(16)20/h1-13,17,21-22H,14H2. The third-order valence-electron chi connectivity index (χ3n) is 4.54. The van der Waals surface area contributed by atoms with Gasteiger partial charge in [-0.05, 0) is 17.2 Å². The monoisotopic (exact) mass is 322 g/mol. The van der Waals surface area contributed by atoms with Crippen molar-refractivity contribution in [1.29, 1.82) is 0 Å². The molecule has 116 valence electrons. The molecule has 0 bridgehead atoms. The zero-order valence-corrected chi connectivity index (χ0v) is 13.4. The highest BCUT2D eigenvalue weighted by atomic mass is 32.2. The molecule has 1 aromatic carbocycles. The molecule has 0 aromatic heterocycles. The second-order valence-electron chi connectivity index (χ2n) is 6.08. The van der Waals surface area contributed by atoms with Crippen molar-refractivity contribution in [1.82, 2.24) is 0 Å². The van der Waals surface area contributed by atoms with Gasteiger partial charge in [0.15, 0.2) is 0 Å². The van der Waals surface area contributed by atoms with Crippen LogP contribution < -0.4 is 0 Å². The summed E-state index contributed by atoms with van der Waals surface area (Å²) in [5.74, 6) is -0.149. The van der Waals surface area contributed by atoms with E-state index in [1.807, 2.05) is 72.9 Å². The van der Waals surface area contributed by atoms with Crippen molar-refractivity contribution in [3.8, 4) is 0 Å². The van der Waals surface area contributed by atoms with Gasteiger partial charge < -0.3 is 10.2 Å². The highest BCUT2D eigenvalue weighted by molar-refractivity contribution is 8.01. The van der Waals surface area contributed by atoms with Crippen LogP contribution in [0.25, 0.3) is 6.08 Å². The van der Waals surface area contributed by atoms with E-state index in [0.29, 0.717) is 6.42 Å². The quantitative estimate of drug-likeness (QED) is 0.811. The lowest BCUT2D eigenvalue weighted by atomic mass is 9.85. The molecular formula is C20H18O2S. The SMILES string of the molecule is OC1(SC2(O)C=CC=C3C=CC=CC32)CC=Cc2ccccc21. The van der Waals surface area contributed by atoms with E-state index in [4.69, 9.17) is 0 Å². The van der Waals surface area contributed by atoms with Gasteiger partial charge in [-0.15, -0.1) is 0 Å². The van der Waals surface area contributed by atoms with E-state index in [1.54, 1.807) is 6.08 Å². The maximum Gasteiger partial charge on any atom is 0.143 e. The van der Waals surface area contributed by atoms with Crippen molar-refractivity contribution in [3.05, 3.63) is 89.6 Å². The van der Waals surface area contributed by atoms with Crippen LogP contribution in [0, 0.1) is 5.92 Å². The molecule has 1 aromatic rings. The normalized spacial score (nSPS) is 34.0. The topological polar surface area (TPSA) is 40.5 Å². The average Bonchev–Trinajstić information content (AvgIpc) is 2.55. The first-order chi connectivity index (χ1) is 11.1. The van der Waals surface area contributed by atoms with Crippen LogP contribution in [-0.2, 0) is 4.93 Å². The van der Waals surface area contributed by atoms with Gasteiger partial charge in [0, 0.05) is 17.9 Å². The van der Waals surface area contributed by atoms with Gasteiger partial charge in [0.1, 0.15) is 9.87 Å². The van der Waals surface area contributed by atoms with Gasteiger partial charge >= 0.3 is 0 Å². The van der Waals surface area contributed by atoms with Gasteiger partial charge in [-0.3, -0.25) is 0 Å². The predicted octanol–water partition coefficient (Wildman–Crippen LogP) is 3.91. The smallest absolute Gasteiger partial charge is 0.143 e. The summed E-state index contributed by atoms with van der Waals surface area (Å²) in [6.45, 7) is 0. The molecule has 3 heteroatoms. The van der Waals surface area contributed by atoms with E-state index < -0.39 is 9.87 Å². The van der Waals surface area contributed by atoms with E-state index >= 15 is 0 Å². The Labute approximate surface area is 140 Å². The summed E-state index contributed by atoms with van der Waals surface area (Å²) < 4.78 is 0. The number of hydrogen-bond donors (Lipinski definition) is 2. The van der Waals surface area contributed by atoms with Crippen LogP contribution in [0.2, 0.25) is 0 Å². The van der Waals surface area contributed by atoms with Crippen LogP contribution in [-0.4, -0.2) is 15.1 Å². The van der Waals surface area contributed by atoms with Crippen molar-refractivity contribution < 1.29 is 10.2 Å². The maximum atomic E-state index is 11.3. The Kier molecular flexibility index (Phi) is 3.45. The van der Waals surface area contributed by atoms with Crippen molar-refractivity contribution in [2.75, 3.05) is 0 Å². The number of fused-ring (bicyclic) bond motifs is 2. The molecule has 0 heterocycles. The number of rotatable bonds is 2. The van der Waals surface area contributed by atoms with Gasteiger partial charge in [-0.25, -0.2) is 0 Å². The molecule has 0 amide bonds. The maximum absolute atomic E-state index is 11.3. The fourth-order valence-corrected chi connectivity index (χ4v) is 4.92. The number of allylic oxidation sites excluding steroid dienone is 5. The minimum atomic E-state index is -1.17. The molecule has 2 nitrogen and oxygen atoms in total. The second-order valence-corrected chi connectivity index (χ2v) is 7.61. The van der Waals surface area contributed by atoms with Gasteiger partial charge in [0.25, 0.3) is 0 Å². The van der Waals surface area contributed by atoms with Crippen molar-refractivity contribution >= 4 is 17.8 Å². The van der Waals surface area contributed by atoms with Gasteiger partial charge in [-0.2, -0.15) is 0 Å². The molecule has 3 atom stereocenters. The molecule has 0 spiro atoms. The van der Waals surface area contributed by atoms with Crippen LogP contribution in [0.15, 0.2) is 78.4 Å². The zero-order chi connectivity index (χ0) is 15.9. The highest BCUT2D eigenvalue weighted by Crippen LogP contribution is 2.52. The van der Waals surface area contributed by atoms with Gasteiger partial charge in [-0.1, -0.05) is 84.6 Å². The fraction of sp³-hybridized carbons (Fsp3) is 0.200. The summed E-state index contributed by atoms with van der Waals surface area (Å²) in [5.41, 5.74) is 2.93. The Morgan fingerprint density at radius 1 is 1.04 bits per heavy atom. The highest BCUT2D eigenvalue weighted by Gasteiger charge is 2.46. The summed E-state index contributed by atoms with van der Waals surface area (Å²) in [7, 11) is 0. The molecule has 0 saturated heterocycles. The van der Waals surface area contributed by atoms with Crippen LogP contribution in [0.1, 0.15) is 17.5 Å². The van der Waals surface area contributed by atoms with Crippen molar-refractivity contribution in [2.45, 2.75) is 16.3 Å². The Morgan fingerprint density at radius 2 is 1.91 bits per heavy atom. The van der Waals surface area contributed by atoms with Crippen molar-refractivity contribution in [2.24, 2.45) is 5.92 Å². The number of benzene rings is 1. The lowest BCUT2D eigenvalue weighted by Gasteiger charge is -2.42. The summed E-state index contributed by atoms with van der Waals surface area (Å²) in [6, 6.07) is 7.82. The van der Waals surface area contributed by atoms with E-state index in [1.165, 1.54) is 11.8 Å². The number of thioether (sulfide) groups is 1. The largest absolute Gasteiger partial charge is 0.375 e. The predicted molar refractivity (Wildman–Crippen MR) is 95.5 cm³/mol. The van der Waals surface area contributed by atoms with Crippen LogP contribution in [0.5, 0.6) is 0 Å². The number of hydrogen-bond acceptors (Lipinski definition) is 3. The van der Waals surface area contributed by atoms with E-state index in [9.17, 15) is 10.2 Å². The zero-order valence-electron chi connectivity index (χ0n) is 12.6. The first-order valence-corrected chi connectivity index (χ1v) is 8.58. The second kappa shape index (κ2) is 5.38. The molecule has 3 aliphatic rings. The van der Waals surface area contributed by atoms with E-state index in [-0.39, 0.29) is 5.92 Å².